The second-order valence-corrected chi connectivity index (χ2v) is 7.39. The van der Waals surface area contributed by atoms with Crippen molar-refractivity contribution in [3.05, 3.63) is 0 Å². The van der Waals surface area contributed by atoms with Gasteiger partial charge in [0.15, 0.2) is 0 Å². The molecule has 1 heterocycles. The molecular weight excluding hydrogens is 270 g/mol. The van der Waals surface area contributed by atoms with Gasteiger partial charge in [-0.3, -0.25) is 4.79 Å². The predicted octanol–water partition coefficient (Wildman–Crippen LogP) is 0.806. The first-order chi connectivity index (χ1) is 8.75. The van der Waals surface area contributed by atoms with Gasteiger partial charge in [0.05, 0.1) is 17.3 Å². The normalized spacial score (nSPS) is 20.6. The van der Waals surface area contributed by atoms with Crippen LogP contribution in [0.15, 0.2) is 0 Å². The van der Waals surface area contributed by atoms with Gasteiger partial charge in [0, 0.05) is 13.1 Å². The van der Waals surface area contributed by atoms with Crippen LogP contribution in [0.4, 0.5) is 0 Å². The van der Waals surface area contributed by atoms with Crippen molar-refractivity contribution < 1.29 is 23.4 Å². The van der Waals surface area contributed by atoms with Crippen molar-refractivity contribution in [2.45, 2.75) is 56.8 Å². The molecule has 0 aromatic rings. The maximum absolute atomic E-state index is 12.3. The average Bonchev–Trinajstić information content (AvgIpc) is 2.29. The van der Waals surface area contributed by atoms with Gasteiger partial charge in [-0.15, -0.1) is 0 Å². The second-order valence-electron chi connectivity index (χ2n) is 5.18. The third kappa shape index (κ3) is 3.90. The van der Waals surface area contributed by atoms with E-state index in [9.17, 15) is 18.3 Å². The fourth-order valence-corrected chi connectivity index (χ4v) is 4.49. The third-order valence-electron chi connectivity index (χ3n) is 3.83. The Labute approximate surface area is 114 Å². The van der Waals surface area contributed by atoms with Gasteiger partial charge < -0.3 is 10.2 Å². The largest absolute Gasteiger partial charge is 0.481 e. The van der Waals surface area contributed by atoms with Crippen molar-refractivity contribution >= 4 is 16.0 Å². The second kappa shape index (κ2) is 6.19. The summed E-state index contributed by atoms with van der Waals surface area (Å²) in [6, 6.07) is 0. The number of hydrogen-bond acceptors (Lipinski definition) is 4. The number of nitrogens with zero attached hydrogens (tertiary/aromatic N) is 1. The number of aliphatic carboxylic acids is 1. The van der Waals surface area contributed by atoms with Gasteiger partial charge in [0.25, 0.3) is 0 Å². The molecule has 2 N–H and O–H groups in total. The predicted molar refractivity (Wildman–Crippen MR) is 71.3 cm³/mol. The van der Waals surface area contributed by atoms with E-state index in [-0.39, 0.29) is 32.4 Å². The number of carboxylic acid groups (broad SMARTS) is 1. The molecule has 0 amide bonds. The third-order valence-corrected chi connectivity index (χ3v) is 6.42. The number of hydrogen-bond donors (Lipinski definition) is 2. The summed E-state index contributed by atoms with van der Waals surface area (Å²) in [5, 5.41) is 18.4. The molecule has 7 heteroatoms. The highest BCUT2D eigenvalue weighted by Crippen LogP contribution is 2.29. The van der Waals surface area contributed by atoms with E-state index in [0.29, 0.717) is 12.8 Å². The molecule has 0 aromatic heterocycles. The Morgan fingerprint density at radius 3 is 2.11 bits per heavy atom. The summed E-state index contributed by atoms with van der Waals surface area (Å²) in [5.74, 6) is -1.06. The Hall–Kier alpha value is -0.660. The molecule has 1 saturated heterocycles. The molecule has 112 valence electrons. The van der Waals surface area contributed by atoms with Crippen LogP contribution in [-0.2, 0) is 14.8 Å². The van der Waals surface area contributed by atoms with Gasteiger partial charge in [0.2, 0.25) is 10.0 Å². The van der Waals surface area contributed by atoms with E-state index in [1.54, 1.807) is 0 Å². The van der Waals surface area contributed by atoms with E-state index in [0.717, 1.165) is 0 Å². The van der Waals surface area contributed by atoms with Gasteiger partial charge in [-0.25, -0.2) is 12.7 Å². The van der Waals surface area contributed by atoms with Crippen LogP contribution in [0.2, 0.25) is 0 Å². The zero-order valence-electron chi connectivity index (χ0n) is 11.5. The van der Waals surface area contributed by atoms with Crippen LogP contribution in [0.1, 0.15) is 46.0 Å². The molecule has 0 radical (unpaired) electrons. The van der Waals surface area contributed by atoms with Crippen LogP contribution < -0.4 is 0 Å². The maximum atomic E-state index is 12.3. The smallest absolute Gasteiger partial charge is 0.306 e. The average molecular weight is 293 g/mol. The highest BCUT2D eigenvalue weighted by molar-refractivity contribution is 7.89. The summed E-state index contributed by atoms with van der Waals surface area (Å²) in [4.78, 5) is 10.7. The van der Waals surface area contributed by atoms with Gasteiger partial charge >= 0.3 is 5.97 Å². The Bertz CT molecular complexity index is 408. The van der Waals surface area contributed by atoms with E-state index in [2.05, 4.69) is 0 Å². The van der Waals surface area contributed by atoms with E-state index in [4.69, 9.17) is 5.11 Å². The van der Waals surface area contributed by atoms with Gasteiger partial charge in [-0.1, -0.05) is 13.8 Å². The molecule has 0 atom stereocenters. The van der Waals surface area contributed by atoms with Gasteiger partial charge in [-0.05, 0) is 25.7 Å². The first-order valence-electron chi connectivity index (χ1n) is 6.68. The maximum Gasteiger partial charge on any atom is 0.306 e. The molecule has 0 saturated carbocycles. The lowest BCUT2D eigenvalue weighted by Gasteiger charge is -2.37. The molecule has 1 aliphatic rings. The van der Waals surface area contributed by atoms with Crippen LogP contribution >= 0.6 is 0 Å². The number of carbonyl (C=O) groups is 1. The number of rotatable bonds is 6. The lowest BCUT2D eigenvalue weighted by atomic mass is 9.89. The van der Waals surface area contributed by atoms with Crippen molar-refractivity contribution in [1.82, 2.24) is 4.31 Å². The number of piperidine rings is 1. The highest BCUT2D eigenvalue weighted by atomic mass is 32.2. The Balaban J connectivity index is 2.70. The Morgan fingerprint density at radius 2 is 1.74 bits per heavy atom. The summed E-state index contributed by atoms with van der Waals surface area (Å²) < 4.78 is 26.0. The molecule has 0 aliphatic carbocycles. The lowest BCUT2D eigenvalue weighted by molar-refractivity contribution is -0.144. The molecule has 0 spiro atoms. The van der Waals surface area contributed by atoms with Crippen LogP contribution in [0.5, 0.6) is 0 Å². The minimum Gasteiger partial charge on any atom is -0.481 e. The van der Waals surface area contributed by atoms with Crippen molar-refractivity contribution in [2.75, 3.05) is 13.1 Å². The molecule has 19 heavy (non-hydrogen) atoms. The van der Waals surface area contributed by atoms with Crippen molar-refractivity contribution in [1.29, 1.82) is 0 Å². The fourth-order valence-electron chi connectivity index (χ4n) is 2.54. The van der Waals surface area contributed by atoms with Crippen LogP contribution in [0.25, 0.3) is 0 Å². The molecule has 6 nitrogen and oxygen atoms in total. The minimum absolute atomic E-state index is 0.179. The van der Waals surface area contributed by atoms with Crippen molar-refractivity contribution in [3.63, 3.8) is 0 Å². The lowest BCUT2D eigenvalue weighted by Crippen LogP contribution is -2.49. The Morgan fingerprint density at radius 1 is 1.26 bits per heavy atom. The highest BCUT2D eigenvalue weighted by Gasteiger charge is 2.39. The fraction of sp³-hybridized carbons (Fsp3) is 0.917. The summed E-state index contributed by atoms with van der Waals surface area (Å²) in [6.07, 6.45) is 1.16. The number of carboxylic acids is 1. The van der Waals surface area contributed by atoms with Crippen LogP contribution in [0.3, 0.4) is 0 Å². The van der Waals surface area contributed by atoms with Crippen molar-refractivity contribution in [3.8, 4) is 0 Å². The topological polar surface area (TPSA) is 94.9 Å². The van der Waals surface area contributed by atoms with Gasteiger partial charge in [-0.2, -0.15) is 0 Å². The molecule has 0 unspecified atom stereocenters. The summed E-state index contributed by atoms with van der Waals surface area (Å²) in [7, 11) is -3.33. The minimum atomic E-state index is -3.33. The quantitative estimate of drug-likeness (QED) is 0.755. The zero-order valence-corrected chi connectivity index (χ0v) is 12.3. The molecule has 1 aliphatic heterocycles. The van der Waals surface area contributed by atoms with Crippen LogP contribution in [0, 0.1) is 0 Å². The Kier molecular flexibility index (Phi) is 5.34. The zero-order chi connectivity index (χ0) is 14.7. The molecule has 0 bridgehead atoms. The number of aliphatic hydroxyl groups is 1. The number of sulfonamides is 1. The molecular formula is C12H23NO5S. The first-order valence-corrected chi connectivity index (χ1v) is 8.18. The monoisotopic (exact) mass is 293 g/mol. The summed E-state index contributed by atoms with van der Waals surface area (Å²) in [5.41, 5.74) is -1.27. The van der Waals surface area contributed by atoms with E-state index < -0.39 is 26.8 Å². The van der Waals surface area contributed by atoms with E-state index >= 15 is 0 Å². The summed E-state index contributed by atoms with van der Waals surface area (Å²) >= 11 is 0. The SMILES string of the molecule is CCC(CC)S(=O)(=O)N1CCC(O)(CC(=O)O)CC1. The first kappa shape index (κ1) is 16.4. The molecule has 0 aromatic carbocycles. The van der Waals surface area contributed by atoms with Gasteiger partial charge in [0.1, 0.15) is 0 Å². The van der Waals surface area contributed by atoms with Crippen LogP contribution in [-0.4, -0.2) is 52.8 Å². The molecule has 1 rings (SSSR count). The molecule has 1 fully saturated rings. The summed E-state index contributed by atoms with van der Waals surface area (Å²) in [6.45, 7) is 4.08. The standard InChI is InChI=1S/C12H23NO5S/c1-3-10(4-2)19(17,18)13-7-5-12(16,6-8-13)9-11(14)15/h10,16H,3-9H2,1-2H3,(H,14,15). The van der Waals surface area contributed by atoms with Crippen molar-refractivity contribution in [2.24, 2.45) is 0 Å². The van der Waals surface area contributed by atoms with E-state index in [1.165, 1.54) is 4.31 Å². The van der Waals surface area contributed by atoms with E-state index in [1.807, 2.05) is 13.8 Å².